The van der Waals surface area contributed by atoms with Crippen molar-refractivity contribution in [3.8, 4) is 11.5 Å². The van der Waals surface area contributed by atoms with Gasteiger partial charge in [0, 0.05) is 31.1 Å². The average molecular weight is 360 g/mol. The molecule has 1 saturated heterocycles. The van der Waals surface area contributed by atoms with Crippen LogP contribution in [0.2, 0.25) is 0 Å². The summed E-state index contributed by atoms with van der Waals surface area (Å²) in [5, 5.41) is 4.39. The Hall–Kier alpha value is -2.12. The first kappa shape index (κ1) is 18.7. The fourth-order valence-electron chi connectivity index (χ4n) is 3.08. The lowest BCUT2D eigenvalue weighted by atomic mass is 10.2. The summed E-state index contributed by atoms with van der Waals surface area (Å²) in [4.78, 5) is 11.2. The minimum absolute atomic E-state index is 0.585. The van der Waals surface area contributed by atoms with Gasteiger partial charge in [-0.05, 0) is 32.9 Å². The summed E-state index contributed by atoms with van der Waals surface area (Å²) in [5.74, 6) is 2.29. The van der Waals surface area contributed by atoms with Gasteiger partial charge in [-0.3, -0.25) is 4.90 Å². The van der Waals surface area contributed by atoms with Gasteiger partial charge in [0.05, 0.1) is 31.9 Å². The molecule has 1 aromatic heterocycles. The summed E-state index contributed by atoms with van der Waals surface area (Å²) in [5.41, 5.74) is 0.850. The van der Waals surface area contributed by atoms with Crippen LogP contribution in [-0.2, 0) is 4.74 Å². The van der Waals surface area contributed by atoms with Crippen molar-refractivity contribution in [2.75, 3.05) is 57.9 Å². The molecule has 0 spiro atoms. The van der Waals surface area contributed by atoms with Crippen molar-refractivity contribution in [3.63, 3.8) is 0 Å². The maximum Gasteiger partial charge on any atom is 0.163 e. The number of benzene rings is 1. The van der Waals surface area contributed by atoms with E-state index in [4.69, 9.17) is 14.2 Å². The van der Waals surface area contributed by atoms with Gasteiger partial charge in [0.25, 0.3) is 0 Å². The van der Waals surface area contributed by atoms with Gasteiger partial charge >= 0.3 is 0 Å². The number of anilines is 1. The van der Waals surface area contributed by atoms with Crippen molar-refractivity contribution in [3.05, 3.63) is 18.5 Å². The number of rotatable bonds is 9. The first-order chi connectivity index (χ1) is 12.8. The molecular weight excluding hydrogens is 332 g/mol. The van der Waals surface area contributed by atoms with Crippen molar-refractivity contribution in [1.82, 2.24) is 14.9 Å². The van der Waals surface area contributed by atoms with Crippen LogP contribution in [0.25, 0.3) is 10.9 Å². The molecule has 2 aromatic rings. The number of ether oxygens (including phenoxy) is 3. The second-order valence-corrected chi connectivity index (χ2v) is 6.14. The molecule has 0 radical (unpaired) electrons. The third-order valence-electron chi connectivity index (χ3n) is 4.35. The summed E-state index contributed by atoms with van der Waals surface area (Å²) in [7, 11) is 0. The fraction of sp³-hybridized carbons (Fsp3) is 0.579. The molecule has 1 N–H and O–H groups in total. The highest BCUT2D eigenvalue weighted by atomic mass is 16.5. The van der Waals surface area contributed by atoms with Crippen LogP contribution in [0, 0.1) is 0 Å². The van der Waals surface area contributed by atoms with Crippen LogP contribution in [-0.4, -0.2) is 67.5 Å². The zero-order valence-electron chi connectivity index (χ0n) is 15.7. The molecule has 0 saturated carbocycles. The first-order valence-electron chi connectivity index (χ1n) is 9.40. The van der Waals surface area contributed by atoms with E-state index >= 15 is 0 Å². The van der Waals surface area contributed by atoms with Gasteiger partial charge in [0.2, 0.25) is 0 Å². The average Bonchev–Trinajstić information content (AvgIpc) is 2.67. The molecule has 1 aliphatic rings. The second-order valence-electron chi connectivity index (χ2n) is 6.14. The third kappa shape index (κ3) is 4.74. The summed E-state index contributed by atoms with van der Waals surface area (Å²) < 4.78 is 16.8. The first-order valence-corrected chi connectivity index (χ1v) is 9.40. The maximum atomic E-state index is 5.73. The Morgan fingerprint density at radius 1 is 1.08 bits per heavy atom. The molecule has 2 heterocycles. The summed E-state index contributed by atoms with van der Waals surface area (Å²) in [6.45, 7) is 10.7. The van der Waals surface area contributed by atoms with Crippen molar-refractivity contribution < 1.29 is 14.2 Å². The molecule has 142 valence electrons. The molecule has 1 fully saturated rings. The lowest BCUT2D eigenvalue weighted by Gasteiger charge is -2.26. The molecule has 26 heavy (non-hydrogen) atoms. The highest BCUT2D eigenvalue weighted by Gasteiger charge is 2.12. The number of fused-ring (bicyclic) bond motifs is 1. The SMILES string of the molecule is CCOc1cc2ncnc(NCCCN3CCOCC3)c2cc1OCC. The number of nitrogens with zero attached hydrogens (tertiary/aromatic N) is 3. The number of morpholine rings is 1. The minimum atomic E-state index is 0.585. The summed E-state index contributed by atoms with van der Waals surface area (Å²) >= 11 is 0. The van der Waals surface area contributed by atoms with Gasteiger partial charge in [0.15, 0.2) is 11.5 Å². The monoisotopic (exact) mass is 360 g/mol. The molecule has 7 heteroatoms. The molecule has 0 atom stereocenters. The molecule has 7 nitrogen and oxygen atoms in total. The summed E-state index contributed by atoms with van der Waals surface area (Å²) in [6, 6.07) is 3.89. The van der Waals surface area contributed by atoms with Crippen LogP contribution in [0.1, 0.15) is 20.3 Å². The summed E-state index contributed by atoms with van der Waals surface area (Å²) in [6.07, 6.45) is 2.64. The zero-order valence-corrected chi connectivity index (χ0v) is 15.7. The molecule has 1 aliphatic heterocycles. The van der Waals surface area contributed by atoms with Crippen LogP contribution >= 0.6 is 0 Å². The van der Waals surface area contributed by atoms with Gasteiger partial charge < -0.3 is 19.5 Å². The highest BCUT2D eigenvalue weighted by molar-refractivity contribution is 5.91. The van der Waals surface area contributed by atoms with Gasteiger partial charge in [-0.25, -0.2) is 9.97 Å². The third-order valence-corrected chi connectivity index (χ3v) is 4.35. The van der Waals surface area contributed by atoms with Crippen LogP contribution in [0.4, 0.5) is 5.82 Å². The Kier molecular flexibility index (Phi) is 6.85. The molecule has 0 bridgehead atoms. The number of hydrogen-bond donors (Lipinski definition) is 1. The van der Waals surface area contributed by atoms with Gasteiger partial charge in [-0.15, -0.1) is 0 Å². The molecule has 1 aromatic carbocycles. The molecule has 0 unspecified atom stereocenters. The van der Waals surface area contributed by atoms with Crippen molar-refractivity contribution >= 4 is 16.7 Å². The van der Waals surface area contributed by atoms with Crippen LogP contribution in [0.5, 0.6) is 11.5 Å². The number of nitrogens with one attached hydrogen (secondary N) is 1. The number of hydrogen-bond acceptors (Lipinski definition) is 7. The lowest BCUT2D eigenvalue weighted by molar-refractivity contribution is 0.0378. The maximum absolute atomic E-state index is 5.73. The van der Waals surface area contributed by atoms with Crippen molar-refractivity contribution in [2.45, 2.75) is 20.3 Å². The van der Waals surface area contributed by atoms with E-state index in [9.17, 15) is 0 Å². The van der Waals surface area contributed by atoms with E-state index in [-0.39, 0.29) is 0 Å². The topological polar surface area (TPSA) is 68.7 Å². The Balaban J connectivity index is 1.68. The van der Waals surface area contributed by atoms with E-state index in [2.05, 4.69) is 20.2 Å². The van der Waals surface area contributed by atoms with Crippen molar-refractivity contribution in [2.24, 2.45) is 0 Å². The predicted octanol–water partition coefficient (Wildman–Crippen LogP) is 2.56. The van der Waals surface area contributed by atoms with Gasteiger partial charge in [-0.2, -0.15) is 0 Å². The van der Waals surface area contributed by atoms with Gasteiger partial charge in [0.1, 0.15) is 12.1 Å². The van der Waals surface area contributed by atoms with E-state index in [0.29, 0.717) is 13.2 Å². The smallest absolute Gasteiger partial charge is 0.163 e. The quantitative estimate of drug-likeness (QED) is 0.689. The van der Waals surface area contributed by atoms with Crippen LogP contribution in [0.15, 0.2) is 18.5 Å². The Morgan fingerprint density at radius 2 is 1.81 bits per heavy atom. The van der Waals surface area contributed by atoms with Crippen molar-refractivity contribution in [1.29, 1.82) is 0 Å². The lowest BCUT2D eigenvalue weighted by Crippen LogP contribution is -2.37. The fourth-order valence-corrected chi connectivity index (χ4v) is 3.08. The van der Waals surface area contributed by atoms with E-state index in [1.54, 1.807) is 6.33 Å². The normalized spacial score (nSPS) is 15.2. The van der Waals surface area contributed by atoms with Crippen LogP contribution < -0.4 is 14.8 Å². The van der Waals surface area contributed by atoms with E-state index in [1.807, 2.05) is 26.0 Å². The standard InChI is InChI=1S/C19H28N4O3/c1-3-25-17-12-15-16(13-18(17)26-4-2)21-14-22-19(15)20-6-5-7-23-8-10-24-11-9-23/h12-14H,3-11H2,1-2H3,(H,20,21,22). The largest absolute Gasteiger partial charge is 0.490 e. The van der Waals surface area contributed by atoms with E-state index in [0.717, 1.165) is 74.0 Å². The molecular formula is C19H28N4O3. The Labute approximate surface area is 154 Å². The molecule has 0 aliphatic carbocycles. The Morgan fingerprint density at radius 3 is 2.54 bits per heavy atom. The van der Waals surface area contributed by atoms with Gasteiger partial charge in [-0.1, -0.05) is 0 Å². The van der Waals surface area contributed by atoms with Crippen LogP contribution in [0.3, 0.4) is 0 Å². The second kappa shape index (κ2) is 9.54. The van der Waals surface area contributed by atoms with E-state index in [1.165, 1.54) is 0 Å². The predicted molar refractivity (Wildman–Crippen MR) is 102 cm³/mol. The van der Waals surface area contributed by atoms with E-state index < -0.39 is 0 Å². The molecule has 0 amide bonds. The molecule has 3 rings (SSSR count). The highest BCUT2D eigenvalue weighted by Crippen LogP contribution is 2.34. The Bertz CT molecular complexity index is 704. The zero-order chi connectivity index (χ0) is 18.2. The minimum Gasteiger partial charge on any atom is -0.490 e. The number of aromatic nitrogens is 2.